The molecular weight excluding hydrogens is 760 g/mol. The van der Waals surface area contributed by atoms with Crippen LogP contribution in [0.4, 0.5) is 13.2 Å². The minimum Gasteiger partial charge on any atom is -0.381 e. The molecule has 54 heavy (non-hydrogen) atoms. The first-order valence-corrected chi connectivity index (χ1v) is 20.0. The minimum absolute atomic E-state index is 0. The fourth-order valence-corrected chi connectivity index (χ4v) is 7.32. The number of Topliss-reactive ketones (excluding diaryl/α,β-unsaturated/α-hetero) is 1. The molecule has 0 radical (unpaired) electrons. The van der Waals surface area contributed by atoms with Gasteiger partial charge in [-0.15, -0.1) is 0 Å². The van der Waals surface area contributed by atoms with Crippen LogP contribution in [0.15, 0.2) is 60.4 Å². The Morgan fingerprint density at radius 3 is 1.56 bits per heavy atom. The first-order valence-electron chi connectivity index (χ1n) is 17.9. The first kappa shape index (κ1) is 48.9. The van der Waals surface area contributed by atoms with Crippen LogP contribution in [-0.4, -0.2) is 46.0 Å². The molecule has 1 atom stereocenters. The van der Waals surface area contributed by atoms with Gasteiger partial charge in [0.15, 0.2) is 0 Å². The van der Waals surface area contributed by atoms with Gasteiger partial charge in [0.2, 0.25) is 13.1 Å². The van der Waals surface area contributed by atoms with Crippen molar-refractivity contribution in [2.24, 2.45) is 11.8 Å². The molecule has 13 heteroatoms. The Bertz CT molecular complexity index is 1640. The summed E-state index contributed by atoms with van der Waals surface area (Å²) < 4.78 is 68.4. The minimum atomic E-state index is -5.66. The van der Waals surface area contributed by atoms with Crippen LogP contribution in [0.3, 0.4) is 0 Å². The molecule has 0 N–H and O–H groups in total. The summed E-state index contributed by atoms with van der Waals surface area (Å²) in [5, 5.41) is 1.24. The van der Waals surface area contributed by atoms with Crippen molar-refractivity contribution in [3.63, 3.8) is 0 Å². The Labute approximate surface area is 331 Å². The molecule has 2 aromatic carbocycles. The zero-order valence-electron chi connectivity index (χ0n) is 31.0. The summed E-state index contributed by atoms with van der Waals surface area (Å²) in [5.41, 5.74) is -4.22. The highest BCUT2D eigenvalue weighted by Gasteiger charge is 2.49. The number of ketones is 1. The lowest BCUT2D eigenvalue weighted by molar-refractivity contribution is -0.121. The van der Waals surface area contributed by atoms with Crippen molar-refractivity contribution in [1.29, 1.82) is 0 Å². The van der Waals surface area contributed by atoms with Gasteiger partial charge >= 0.3 is 15.6 Å². The number of alkyl halides is 3. The SMILES string of the molecule is C.C1CCOC1.CC(C)CC(C)C.[C-]#[N+]CC1(c2ccc(Cl)cc2)CC=C(OS(=O)(=O)C(F)(F)F)CC1.[C-]#[N+]CC1(c2ccc(Cl)cc2)CCC(=O)CC1. The Kier molecular flexibility index (Phi) is 20.9. The molecular formula is C41H55Cl2F3N2O5S. The Balaban J connectivity index is 0.000000418. The number of rotatable bonds is 8. The summed E-state index contributed by atoms with van der Waals surface area (Å²) in [7, 11) is -5.66. The molecule has 1 saturated carbocycles. The predicted octanol–water partition coefficient (Wildman–Crippen LogP) is 12.2. The molecule has 1 unspecified atom stereocenters. The second-order valence-electron chi connectivity index (χ2n) is 14.4. The number of ether oxygens (including phenoxy) is 1. The van der Waals surface area contributed by atoms with Crippen LogP contribution in [-0.2, 0) is 34.7 Å². The van der Waals surface area contributed by atoms with Crippen molar-refractivity contribution in [1.82, 2.24) is 0 Å². The summed E-state index contributed by atoms with van der Waals surface area (Å²) >= 11 is 11.7. The third-order valence-corrected chi connectivity index (χ3v) is 10.8. The number of hydrogen-bond donors (Lipinski definition) is 0. The van der Waals surface area contributed by atoms with Crippen LogP contribution < -0.4 is 0 Å². The van der Waals surface area contributed by atoms with E-state index in [1.54, 1.807) is 24.3 Å². The van der Waals surface area contributed by atoms with Gasteiger partial charge < -0.3 is 18.6 Å². The maximum atomic E-state index is 12.4. The molecule has 300 valence electrons. The van der Waals surface area contributed by atoms with Gasteiger partial charge in [-0.05, 0) is 98.2 Å². The average molecular weight is 816 g/mol. The highest BCUT2D eigenvalue weighted by molar-refractivity contribution is 7.87. The molecule has 5 rings (SSSR count). The summed E-state index contributed by atoms with van der Waals surface area (Å²) in [5.74, 6) is 1.82. The van der Waals surface area contributed by atoms with Gasteiger partial charge in [0.25, 0.3) is 0 Å². The lowest BCUT2D eigenvalue weighted by atomic mass is 9.69. The molecule has 2 fully saturated rings. The van der Waals surface area contributed by atoms with Crippen LogP contribution in [0.5, 0.6) is 0 Å². The van der Waals surface area contributed by atoms with Crippen molar-refractivity contribution in [3.8, 4) is 0 Å². The highest BCUT2D eigenvalue weighted by Crippen LogP contribution is 2.41. The zero-order chi connectivity index (χ0) is 39.7. The van der Waals surface area contributed by atoms with Crippen molar-refractivity contribution >= 4 is 39.1 Å². The van der Waals surface area contributed by atoms with Crippen molar-refractivity contribution < 1.29 is 35.3 Å². The van der Waals surface area contributed by atoms with E-state index in [4.69, 9.17) is 41.1 Å². The van der Waals surface area contributed by atoms with Gasteiger partial charge in [-0.3, -0.25) is 4.79 Å². The van der Waals surface area contributed by atoms with E-state index in [2.05, 4.69) is 41.6 Å². The third-order valence-electron chi connectivity index (χ3n) is 9.28. The van der Waals surface area contributed by atoms with Gasteiger partial charge in [-0.2, -0.15) is 21.6 Å². The van der Waals surface area contributed by atoms with Gasteiger partial charge in [0, 0.05) is 42.5 Å². The molecule has 1 aliphatic heterocycles. The predicted molar refractivity (Wildman–Crippen MR) is 212 cm³/mol. The second kappa shape index (κ2) is 23.1. The number of hydrogen-bond acceptors (Lipinski definition) is 5. The molecule has 2 aromatic rings. The quantitative estimate of drug-likeness (QED) is 0.151. The molecule has 7 nitrogen and oxygen atoms in total. The van der Waals surface area contributed by atoms with E-state index >= 15 is 0 Å². The van der Waals surface area contributed by atoms with E-state index in [9.17, 15) is 26.4 Å². The van der Waals surface area contributed by atoms with E-state index in [1.807, 2.05) is 24.3 Å². The Morgan fingerprint density at radius 1 is 0.796 bits per heavy atom. The summed E-state index contributed by atoms with van der Waals surface area (Å²) in [6.45, 7) is 25.9. The number of halogens is 5. The van der Waals surface area contributed by atoms with Crippen LogP contribution in [0.1, 0.15) is 110 Å². The Morgan fingerprint density at radius 2 is 1.22 bits per heavy atom. The molecule has 2 aliphatic carbocycles. The largest absolute Gasteiger partial charge is 0.534 e. The highest BCUT2D eigenvalue weighted by atomic mass is 35.5. The molecule has 0 aromatic heterocycles. The summed E-state index contributed by atoms with van der Waals surface area (Å²) in [6, 6.07) is 14.6. The number of allylic oxidation sites excluding steroid dienone is 2. The topological polar surface area (TPSA) is 78.4 Å². The average Bonchev–Trinajstić information content (AvgIpc) is 3.68. The van der Waals surface area contributed by atoms with Crippen molar-refractivity contribution in [3.05, 3.63) is 104 Å². The third kappa shape index (κ3) is 15.9. The first-order chi connectivity index (χ1) is 24.9. The molecule has 1 heterocycles. The van der Waals surface area contributed by atoms with Crippen LogP contribution in [0, 0.1) is 25.0 Å². The van der Waals surface area contributed by atoms with E-state index < -0.39 is 21.0 Å². The smallest absolute Gasteiger partial charge is 0.381 e. The van der Waals surface area contributed by atoms with Crippen LogP contribution >= 0.6 is 23.2 Å². The fraction of sp³-hybridized carbons (Fsp3) is 0.585. The Hall–Kier alpha value is -3.09. The van der Waals surface area contributed by atoms with Gasteiger partial charge in [0.05, 0.1) is 10.8 Å². The number of benzene rings is 2. The van der Waals surface area contributed by atoms with Gasteiger partial charge in [0.1, 0.15) is 11.5 Å². The molecule has 3 aliphatic rings. The molecule has 0 spiro atoms. The van der Waals surface area contributed by atoms with E-state index in [0.717, 1.165) is 49.0 Å². The van der Waals surface area contributed by atoms with Gasteiger partial charge in [-0.25, -0.2) is 13.1 Å². The van der Waals surface area contributed by atoms with E-state index in [1.165, 1.54) is 25.3 Å². The zero-order valence-corrected chi connectivity index (χ0v) is 33.3. The summed E-state index contributed by atoms with van der Waals surface area (Å²) in [4.78, 5) is 18.3. The lowest BCUT2D eigenvalue weighted by Gasteiger charge is -2.32. The van der Waals surface area contributed by atoms with Gasteiger partial charge in [-0.1, -0.05) is 82.6 Å². The molecule has 0 bridgehead atoms. The van der Waals surface area contributed by atoms with E-state index in [0.29, 0.717) is 41.6 Å². The number of carbonyl (C=O) groups excluding carboxylic acids is 1. The number of nitrogens with zero attached hydrogens (tertiary/aromatic N) is 2. The molecule has 0 amide bonds. The van der Waals surface area contributed by atoms with Crippen molar-refractivity contribution in [2.75, 3.05) is 26.3 Å². The fourth-order valence-electron chi connectivity index (χ4n) is 6.54. The molecule has 1 saturated heterocycles. The summed E-state index contributed by atoms with van der Waals surface area (Å²) in [6.07, 6.45) is 8.50. The second-order valence-corrected chi connectivity index (χ2v) is 16.9. The maximum Gasteiger partial charge on any atom is 0.534 e. The standard InChI is InChI=1S/C15H13ClF3NO3S.C14H14ClNO.C7H16.C4H8O.CH4/c1-20-10-14(11-2-4-12(16)5-3-11)8-6-13(7-9-14)23-24(21,22)15(17,18)19;1-16-10-14(8-6-13(17)7-9-14)11-2-4-12(15)5-3-11;1-6(2)5-7(3)4;1-2-4-5-3-1;/h2-6H,7-10H2;2-5H,6-10H2;6-7H,5H2,1-4H3;1-4H2;1H4. The van der Waals surface area contributed by atoms with Crippen LogP contribution in [0.2, 0.25) is 10.0 Å². The maximum absolute atomic E-state index is 12.4. The van der Waals surface area contributed by atoms with Crippen molar-refractivity contribution in [2.45, 2.75) is 116 Å². The monoisotopic (exact) mass is 814 g/mol. The lowest BCUT2D eigenvalue weighted by Crippen LogP contribution is -2.34. The van der Waals surface area contributed by atoms with E-state index in [-0.39, 0.29) is 38.0 Å². The number of carbonyl (C=O) groups is 1. The normalized spacial score (nSPS) is 19.2. The van der Waals surface area contributed by atoms with Crippen LogP contribution in [0.25, 0.3) is 9.69 Å².